The predicted octanol–water partition coefficient (Wildman–Crippen LogP) is 3.90. The molecule has 0 aliphatic carbocycles. The van der Waals surface area contributed by atoms with Gasteiger partial charge in [0.25, 0.3) is 0 Å². The molecule has 0 unspecified atom stereocenters. The van der Waals surface area contributed by atoms with Crippen molar-refractivity contribution in [1.82, 2.24) is 0 Å². The van der Waals surface area contributed by atoms with Crippen molar-refractivity contribution < 1.29 is 14.3 Å². The molecule has 0 fully saturated rings. The Bertz CT molecular complexity index is 997. The number of aromatic carboxylic acids is 1. The minimum atomic E-state index is -1.19. The van der Waals surface area contributed by atoms with E-state index >= 15 is 0 Å². The molecule has 0 saturated carbocycles. The van der Waals surface area contributed by atoms with Gasteiger partial charge in [-0.2, -0.15) is 0 Å². The van der Waals surface area contributed by atoms with Crippen LogP contribution in [0.1, 0.15) is 10.4 Å². The van der Waals surface area contributed by atoms with Gasteiger partial charge in [-0.1, -0.05) is 48.5 Å². The fourth-order valence-electron chi connectivity index (χ4n) is 2.96. The van der Waals surface area contributed by atoms with Gasteiger partial charge in [-0.25, -0.2) is 4.42 Å². The number of rotatable bonds is 2. The highest BCUT2D eigenvalue weighted by Crippen LogP contribution is 2.37. The molecular weight excluding hydrogens is 288 g/mol. The molecular formula is C20H12O3. The number of para-hydroxylation sites is 2. The number of carbonyl (C=O) groups excluding carboxylic acids is 1. The molecule has 0 amide bonds. The number of carbonyl (C=O) groups is 1. The fourth-order valence-corrected chi connectivity index (χ4v) is 2.96. The molecule has 0 saturated heterocycles. The van der Waals surface area contributed by atoms with Gasteiger partial charge in [0.15, 0.2) is 0 Å². The van der Waals surface area contributed by atoms with Gasteiger partial charge in [0.05, 0.1) is 16.7 Å². The van der Waals surface area contributed by atoms with Gasteiger partial charge >= 0.3 is 11.2 Å². The molecule has 1 aromatic heterocycles. The summed E-state index contributed by atoms with van der Waals surface area (Å²) in [6, 6.07) is 22.2. The van der Waals surface area contributed by atoms with E-state index in [2.05, 4.69) is 0 Å². The Morgan fingerprint density at radius 1 is 0.739 bits per heavy atom. The molecule has 3 heteroatoms. The van der Waals surface area contributed by atoms with Crippen molar-refractivity contribution in [3.8, 4) is 11.1 Å². The Labute approximate surface area is 132 Å². The van der Waals surface area contributed by atoms with Crippen LogP contribution in [0.2, 0.25) is 0 Å². The zero-order valence-corrected chi connectivity index (χ0v) is 12.2. The van der Waals surface area contributed by atoms with Crippen LogP contribution in [0.4, 0.5) is 0 Å². The van der Waals surface area contributed by atoms with Crippen LogP contribution in [0.5, 0.6) is 0 Å². The fraction of sp³-hybridized carbons (Fsp3) is 0. The highest BCUT2D eigenvalue weighted by Gasteiger charge is 2.20. The van der Waals surface area contributed by atoms with Crippen LogP contribution in [0.25, 0.3) is 33.1 Å². The molecule has 4 rings (SSSR count). The van der Waals surface area contributed by atoms with Gasteiger partial charge in [-0.15, -0.1) is 0 Å². The van der Waals surface area contributed by atoms with Crippen molar-refractivity contribution >= 4 is 27.9 Å². The third-order valence-corrected chi connectivity index (χ3v) is 3.95. The Hall–Kier alpha value is -3.20. The van der Waals surface area contributed by atoms with Crippen LogP contribution < -0.4 is 5.11 Å². The predicted molar refractivity (Wildman–Crippen MR) is 87.9 cm³/mol. The third-order valence-electron chi connectivity index (χ3n) is 3.95. The SMILES string of the molecule is O=C([O-])c1ccccc1-c1c2ccccc2[o+]c2ccccc12. The summed E-state index contributed by atoms with van der Waals surface area (Å²) < 4.78 is 5.95. The number of hydrogen-bond acceptors (Lipinski definition) is 2. The molecule has 4 aromatic rings. The maximum Gasteiger partial charge on any atom is 0.361 e. The second-order valence-electron chi connectivity index (χ2n) is 5.30. The first-order valence-corrected chi connectivity index (χ1v) is 7.30. The van der Waals surface area contributed by atoms with Crippen LogP contribution in [0, 0.1) is 0 Å². The van der Waals surface area contributed by atoms with E-state index in [1.165, 1.54) is 0 Å². The van der Waals surface area contributed by atoms with Gasteiger partial charge in [-0.05, 0) is 17.7 Å². The number of fused-ring (bicyclic) bond motifs is 2. The van der Waals surface area contributed by atoms with Gasteiger partial charge < -0.3 is 9.90 Å². The zero-order valence-electron chi connectivity index (χ0n) is 12.2. The highest BCUT2D eigenvalue weighted by molar-refractivity contribution is 6.11. The zero-order chi connectivity index (χ0) is 15.8. The van der Waals surface area contributed by atoms with Crippen LogP contribution in [0.3, 0.4) is 0 Å². The summed E-state index contributed by atoms with van der Waals surface area (Å²) >= 11 is 0. The van der Waals surface area contributed by atoms with E-state index in [4.69, 9.17) is 4.42 Å². The second kappa shape index (κ2) is 5.21. The lowest BCUT2D eigenvalue weighted by atomic mass is 9.93. The lowest BCUT2D eigenvalue weighted by Crippen LogP contribution is -2.23. The summed E-state index contributed by atoms with van der Waals surface area (Å²) in [4.78, 5) is 11.5. The number of hydrogen-bond donors (Lipinski definition) is 0. The summed E-state index contributed by atoms with van der Waals surface area (Å²) in [7, 11) is 0. The molecule has 110 valence electrons. The summed E-state index contributed by atoms with van der Waals surface area (Å²) in [5.41, 5.74) is 3.09. The van der Waals surface area contributed by atoms with E-state index in [1.54, 1.807) is 18.2 Å². The van der Waals surface area contributed by atoms with Crippen molar-refractivity contribution in [2.24, 2.45) is 0 Å². The Kier molecular flexibility index (Phi) is 3.05. The van der Waals surface area contributed by atoms with E-state index < -0.39 is 5.97 Å². The lowest BCUT2D eigenvalue weighted by Gasteiger charge is -2.12. The first-order valence-electron chi connectivity index (χ1n) is 7.30. The average Bonchev–Trinajstić information content (AvgIpc) is 2.59. The largest absolute Gasteiger partial charge is 0.545 e. The Morgan fingerprint density at radius 3 is 1.87 bits per heavy atom. The maximum atomic E-state index is 11.5. The van der Waals surface area contributed by atoms with Crippen molar-refractivity contribution in [1.29, 1.82) is 0 Å². The molecule has 3 nitrogen and oxygen atoms in total. The van der Waals surface area contributed by atoms with Crippen molar-refractivity contribution in [3.63, 3.8) is 0 Å². The van der Waals surface area contributed by atoms with Crippen molar-refractivity contribution in [3.05, 3.63) is 78.4 Å². The highest BCUT2D eigenvalue weighted by atomic mass is 16.4. The lowest BCUT2D eigenvalue weighted by molar-refractivity contribution is -0.254. The topological polar surface area (TPSA) is 51.4 Å². The molecule has 0 atom stereocenters. The van der Waals surface area contributed by atoms with E-state index in [9.17, 15) is 9.90 Å². The molecule has 0 aliphatic rings. The monoisotopic (exact) mass is 300 g/mol. The van der Waals surface area contributed by atoms with Crippen LogP contribution in [0.15, 0.2) is 77.2 Å². The average molecular weight is 300 g/mol. The molecule has 3 aromatic carbocycles. The summed E-state index contributed by atoms with van der Waals surface area (Å²) in [5.74, 6) is -1.19. The van der Waals surface area contributed by atoms with E-state index in [1.807, 2.05) is 54.6 Å². The summed E-state index contributed by atoms with van der Waals surface area (Å²) in [5, 5.41) is 13.3. The number of benzene rings is 3. The van der Waals surface area contributed by atoms with Crippen LogP contribution in [-0.4, -0.2) is 5.97 Å². The van der Waals surface area contributed by atoms with Crippen LogP contribution in [-0.2, 0) is 0 Å². The Morgan fingerprint density at radius 2 is 1.26 bits per heavy atom. The molecule has 0 aliphatic heterocycles. The number of carboxylic acid groups (broad SMARTS) is 1. The third kappa shape index (κ3) is 2.14. The second-order valence-corrected chi connectivity index (χ2v) is 5.30. The van der Waals surface area contributed by atoms with E-state index in [-0.39, 0.29) is 5.56 Å². The van der Waals surface area contributed by atoms with Crippen LogP contribution >= 0.6 is 0 Å². The van der Waals surface area contributed by atoms with Gasteiger partial charge in [0.2, 0.25) is 0 Å². The molecule has 0 spiro atoms. The molecule has 23 heavy (non-hydrogen) atoms. The first-order chi connectivity index (χ1) is 11.3. The van der Waals surface area contributed by atoms with Crippen molar-refractivity contribution in [2.45, 2.75) is 0 Å². The minimum absolute atomic E-state index is 0.175. The van der Waals surface area contributed by atoms with E-state index in [0.717, 1.165) is 16.3 Å². The molecule has 1 heterocycles. The minimum Gasteiger partial charge on any atom is -0.545 e. The normalized spacial score (nSPS) is 11.0. The number of carboxylic acids is 1. The van der Waals surface area contributed by atoms with E-state index in [0.29, 0.717) is 16.7 Å². The standard InChI is InChI=1S/C20H12O3/c21-20(22)14-8-2-1-7-13(14)19-15-9-3-5-11-17(15)23-18-12-6-4-10-16(18)19/h1-12H. The maximum absolute atomic E-state index is 11.5. The van der Waals surface area contributed by atoms with Gasteiger partial charge in [-0.3, -0.25) is 0 Å². The molecule has 0 N–H and O–H groups in total. The Balaban J connectivity index is 2.23. The van der Waals surface area contributed by atoms with Gasteiger partial charge in [0, 0.05) is 23.3 Å². The molecule has 0 bridgehead atoms. The smallest absolute Gasteiger partial charge is 0.361 e. The summed E-state index contributed by atoms with van der Waals surface area (Å²) in [6.45, 7) is 0. The quantitative estimate of drug-likeness (QED) is 0.417. The summed E-state index contributed by atoms with van der Waals surface area (Å²) in [6.07, 6.45) is 0. The molecule has 0 radical (unpaired) electrons. The van der Waals surface area contributed by atoms with Crippen molar-refractivity contribution in [2.75, 3.05) is 0 Å². The van der Waals surface area contributed by atoms with Gasteiger partial charge in [0.1, 0.15) is 0 Å². The first kappa shape index (κ1) is 13.5.